The van der Waals surface area contributed by atoms with Crippen LogP contribution in [0.15, 0.2) is 54.6 Å². The summed E-state index contributed by atoms with van der Waals surface area (Å²) in [6.07, 6.45) is 6.38. The van der Waals surface area contributed by atoms with Gasteiger partial charge in [-0.25, -0.2) is 4.79 Å². The Morgan fingerprint density at radius 2 is 1.74 bits per heavy atom. The van der Waals surface area contributed by atoms with Crippen molar-refractivity contribution < 1.29 is 19.4 Å². The summed E-state index contributed by atoms with van der Waals surface area (Å²) in [5.74, 6) is 0.954. The molecule has 0 aliphatic heterocycles. The molecule has 186 valence electrons. The molecule has 0 radical (unpaired) electrons. The van der Waals surface area contributed by atoms with E-state index in [1.54, 1.807) is 7.11 Å². The Labute approximate surface area is 207 Å². The molecule has 1 fully saturated rings. The topological polar surface area (TPSA) is 73.6 Å². The van der Waals surface area contributed by atoms with Gasteiger partial charge < -0.3 is 14.6 Å². The minimum absolute atomic E-state index is 0.205. The van der Waals surface area contributed by atoms with Gasteiger partial charge in [-0.3, -0.25) is 4.68 Å². The fourth-order valence-corrected chi connectivity index (χ4v) is 5.16. The number of carboxylic acids is 1. The quantitative estimate of drug-likeness (QED) is 0.363. The molecule has 1 aliphatic carbocycles. The van der Waals surface area contributed by atoms with E-state index >= 15 is 0 Å². The Morgan fingerprint density at radius 3 is 2.43 bits per heavy atom. The highest BCUT2D eigenvalue weighted by Crippen LogP contribution is 2.38. The maximum absolute atomic E-state index is 10.7. The van der Waals surface area contributed by atoms with E-state index in [1.165, 1.54) is 11.3 Å². The number of hydrogen-bond donors (Lipinski definition) is 1. The van der Waals surface area contributed by atoms with Crippen LogP contribution >= 0.6 is 0 Å². The Bertz CT molecular complexity index is 1100. The number of ether oxygens (including phenoxy) is 2. The molecule has 1 saturated carbocycles. The molecule has 6 heteroatoms. The molecule has 0 unspecified atom stereocenters. The molecule has 0 bridgehead atoms. The number of methoxy groups -OCH3 is 1. The average Bonchev–Trinajstić information content (AvgIpc) is 3.23. The van der Waals surface area contributed by atoms with E-state index in [0.29, 0.717) is 18.4 Å². The maximum atomic E-state index is 10.7. The highest BCUT2D eigenvalue weighted by Gasteiger charge is 2.26. The number of aliphatic carboxylic acids is 1. The third-order valence-electron chi connectivity index (χ3n) is 6.93. The van der Waals surface area contributed by atoms with Crippen LogP contribution in [0.5, 0.6) is 5.75 Å². The first kappa shape index (κ1) is 25.0. The summed E-state index contributed by atoms with van der Waals surface area (Å²) in [6, 6.07) is 18.7. The molecule has 0 spiro atoms. The van der Waals surface area contributed by atoms with Crippen molar-refractivity contribution in [1.29, 1.82) is 0 Å². The highest BCUT2D eigenvalue weighted by molar-refractivity contribution is 5.83. The molecule has 1 aliphatic rings. The Morgan fingerprint density at radius 1 is 1.03 bits per heavy atom. The van der Waals surface area contributed by atoms with Gasteiger partial charge in [0.2, 0.25) is 0 Å². The molecule has 35 heavy (non-hydrogen) atoms. The molecule has 0 saturated heterocycles. The summed E-state index contributed by atoms with van der Waals surface area (Å²) in [5.41, 5.74) is 5.77. The molecular formula is C29H36N2O4. The van der Waals surface area contributed by atoms with Gasteiger partial charge in [-0.1, -0.05) is 55.8 Å². The highest BCUT2D eigenvalue weighted by atomic mass is 16.5. The predicted octanol–water partition coefficient (Wildman–Crippen LogP) is 6.09. The van der Waals surface area contributed by atoms with Crippen molar-refractivity contribution in [3.8, 4) is 28.1 Å². The summed E-state index contributed by atoms with van der Waals surface area (Å²) < 4.78 is 13.1. The van der Waals surface area contributed by atoms with Crippen molar-refractivity contribution in [2.24, 2.45) is 11.8 Å². The molecule has 4 rings (SSSR count). The van der Waals surface area contributed by atoms with Gasteiger partial charge in [0.05, 0.1) is 13.7 Å². The van der Waals surface area contributed by atoms with E-state index in [9.17, 15) is 4.79 Å². The zero-order valence-corrected chi connectivity index (χ0v) is 20.8. The number of nitrogens with zero attached hydrogens (tertiary/aromatic N) is 2. The van der Waals surface area contributed by atoms with Crippen LogP contribution in [-0.2, 0) is 22.5 Å². The number of carbonyl (C=O) groups is 1. The van der Waals surface area contributed by atoms with Crippen LogP contribution in [0.4, 0.5) is 0 Å². The molecule has 2 aromatic carbocycles. The Hall–Kier alpha value is -3.12. The fraction of sp³-hybridized carbons (Fsp3) is 0.448. The number of benzene rings is 2. The first-order valence-electron chi connectivity index (χ1n) is 12.7. The van der Waals surface area contributed by atoms with Crippen molar-refractivity contribution in [3.63, 3.8) is 0 Å². The predicted molar refractivity (Wildman–Crippen MR) is 138 cm³/mol. The van der Waals surface area contributed by atoms with Gasteiger partial charge in [0.15, 0.2) is 0 Å². The van der Waals surface area contributed by atoms with Crippen LogP contribution in [-0.4, -0.2) is 41.2 Å². The smallest absolute Gasteiger partial charge is 0.329 e. The van der Waals surface area contributed by atoms with Crippen LogP contribution in [0.25, 0.3) is 22.4 Å². The van der Waals surface area contributed by atoms with Crippen LogP contribution < -0.4 is 4.74 Å². The second-order valence-electron chi connectivity index (χ2n) is 9.50. The van der Waals surface area contributed by atoms with Gasteiger partial charge >= 0.3 is 5.97 Å². The van der Waals surface area contributed by atoms with Crippen molar-refractivity contribution in [2.45, 2.75) is 52.0 Å². The molecule has 0 atom stereocenters. The normalized spacial score (nSPS) is 17.9. The van der Waals surface area contributed by atoms with E-state index in [-0.39, 0.29) is 6.61 Å². The van der Waals surface area contributed by atoms with Crippen molar-refractivity contribution in [2.75, 3.05) is 20.3 Å². The van der Waals surface area contributed by atoms with Gasteiger partial charge in [0.1, 0.15) is 18.1 Å². The lowest BCUT2D eigenvalue weighted by molar-refractivity contribution is -0.142. The summed E-state index contributed by atoms with van der Waals surface area (Å²) >= 11 is 0. The van der Waals surface area contributed by atoms with E-state index in [4.69, 9.17) is 19.7 Å². The van der Waals surface area contributed by atoms with Gasteiger partial charge in [0.25, 0.3) is 0 Å². The standard InChI is InChI=1S/C29H36N2O4/c1-3-8-26-28(24-11-7-12-25(17-24)34-2)29(23-9-5-4-6-10-23)30-31(26)18-21-13-15-22(16-14-21)19-35-20-27(32)33/h4-7,9-12,17,21-22H,3,8,13-16,18-20H2,1-2H3,(H,32,33). The average molecular weight is 477 g/mol. The zero-order chi connectivity index (χ0) is 24.6. The summed E-state index contributed by atoms with van der Waals surface area (Å²) in [4.78, 5) is 10.7. The first-order valence-corrected chi connectivity index (χ1v) is 12.7. The van der Waals surface area contributed by atoms with E-state index in [2.05, 4.69) is 48.0 Å². The van der Waals surface area contributed by atoms with Crippen molar-refractivity contribution in [1.82, 2.24) is 9.78 Å². The molecule has 3 aromatic rings. The number of hydrogen-bond acceptors (Lipinski definition) is 4. The lowest BCUT2D eigenvalue weighted by Crippen LogP contribution is -2.23. The van der Waals surface area contributed by atoms with Crippen LogP contribution in [0.3, 0.4) is 0 Å². The third-order valence-corrected chi connectivity index (χ3v) is 6.93. The van der Waals surface area contributed by atoms with Crippen LogP contribution in [0, 0.1) is 11.8 Å². The largest absolute Gasteiger partial charge is 0.497 e. The van der Waals surface area contributed by atoms with E-state index < -0.39 is 5.97 Å². The van der Waals surface area contributed by atoms with Gasteiger partial charge in [-0.2, -0.15) is 5.10 Å². The first-order chi connectivity index (χ1) is 17.1. The van der Waals surface area contributed by atoms with Crippen molar-refractivity contribution in [3.05, 3.63) is 60.3 Å². The van der Waals surface area contributed by atoms with Crippen LogP contribution in [0.2, 0.25) is 0 Å². The molecule has 1 aromatic heterocycles. The summed E-state index contributed by atoms with van der Waals surface area (Å²) in [5, 5.41) is 14.0. The van der Waals surface area contributed by atoms with Gasteiger partial charge in [-0.05, 0) is 61.6 Å². The summed E-state index contributed by atoms with van der Waals surface area (Å²) in [7, 11) is 1.71. The number of carboxylic acid groups (broad SMARTS) is 1. The summed E-state index contributed by atoms with van der Waals surface area (Å²) in [6.45, 7) is 3.46. The molecular weight excluding hydrogens is 440 g/mol. The van der Waals surface area contributed by atoms with Gasteiger partial charge in [-0.15, -0.1) is 0 Å². The second-order valence-corrected chi connectivity index (χ2v) is 9.50. The van der Waals surface area contributed by atoms with Gasteiger partial charge in [0, 0.05) is 23.4 Å². The monoisotopic (exact) mass is 476 g/mol. The fourth-order valence-electron chi connectivity index (χ4n) is 5.16. The Balaban J connectivity index is 1.60. The van der Waals surface area contributed by atoms with Crippen LogP contribution in [0.1, 0.15) is 44.7 Å². The van der Waals surface area contributed by atoms with Crippen molar-refractivity contribution >= 4 is 5.97 Å². The third kappa shape index (κ3) is 6.31. The molecule has 1 N–H and O–H groups in total. The number of aromatic nitrogens is 2. The number of rotatable bonds is 11. The Kier molecular flexibility index (Phi) is 8.59. The molecule has 1 heterocycles. The minimum atomic E-state index is -0.901. The molecule has 6 nitrogen and oxygen atoms in total. The lowest BCUT2D eigenvalue weighted by Gasteiger charge is -2.28. The lowest BCUT2D eigenvalue weighted by atomic mass is 9.82. The van der Waals surface area contributed by atoms with E-state index in [1.807, 2.05) is 18.2 Å². The molecule has 0 amide bonds. The minimum Gasteiger partial charge on any atom is -0.497 e. The zero-order valence-electron chi connectivity index (χ0n) is 20.8. The second kappa shape index (κ2) is 12.0. The van der Waals surface area contributed by atoms with E-state index in [0.717, 1.165) is 67.6 Å². The maximum Gasteiger partial charge on any atom is 0.329 e. The SMILES string of the molecule is CCCc1c(-c2cccc(OC)c2)c(-c2ccccc2)nn1CC1CCC(COCC(=O)O)CC1.